The van der Waals surface area contributed by atoms with Gasteiger partial charge in [-0.25, -0.2) is 4.79 Å². The van der Waals surface area contributed by atoms with E-state index in [1.165, 1.54) is 0 Å². The fourth-order valence-electron chi connectivity index (χ4n) is 3.07. The predicted octanol–water partition coefficient (Wildman–Crippen LogP) is 4.76. The zero-order chi connectivity index (χ0) is 19.9. The highest BCUT2D eigenvalue weighted by atomic mass is 16.3. The van der Waals surface area contributed by atoms with Crippen LogP contribution in [-0.2, 0) is 19.6 Å². The topological polar surface area (TPSA) is 63.3 Å². The fourth-order valence-corrected chi connectivity index (χ4v) is 3.07. The highest BCUT2D eigenvalue weighted by Gasteiger charge is 2.16. The average Bonchev–Trinajstić information content (AvgIpc) is 3.44. The molecule has 0 bridgehead atoms. The van der Waals surface area contributed by atoms with E-state index in [0.717, 1.165) is 22.6 Å². The number of urea groups is 1. The number of hydrogen-bond donors (Lipinski definition) is 1. The molecular weight excluding hydrogens is 364 g/mol. The van der Waals surface area contributed by atoms with Crippen LogP contribution in [0, 0.1) is 0 Å². The van der Waals surface area contributed by atoms with Crippen LogP contribution in [-0.4, -0.2) is 20.7 Å². The lowest BCUT2D eigenvalue weighted by Crippen LogP contribution is -2.33. The zero-order valence-electron chi connectivity index (χ0n) is 15.9. The summed E-state index contributed by atoms with van der Waals surface area (Å²) in [5.74, 6) is 0.741. The molecule has 0 aliphatic rings. The van der Waals surface area contributed by atoms with E-state index >= 15 is 0 Å². The third-order valence-electron chi connectivity index (χ3n) is 4.54. The van der Waals surface area contributed by atoms with E-state index < -0.39 is 0 Å². The summed E-state index contributed by atoms with van der Waals surface area (Å²) in [4.78, 5) is 14.7. The van der Waals surface area contributed by atoms with Crippen LogP contribution in [0.1, 0.15) is 16.9 Å². The van der Waals surface area contributed by atoms with Crippen LogP contribution in [0.2, 0.25) is 0 Å². The van der Waals surface area contributed by atoms with Crippen molar-refractivity contribution in [2.45, 2.75) is 19.6 Å². The quantitative estimate of drug-likeness (QED) is 0.498. The van der Waals surface area contributed by atoms with Gasteiger partial charge in [-0.05, 0) is 41.5 Å². The molecule has 6 nitrogen and oxygen atoms in total. The molecule has 1 N–H and O–H groups in total. The highest BCUT2D eigenvalue weighted by Crippen LogP contribution is 2.15. The predicted molar refractivity (Wildman–Crippen MR) is 111 cm³/mol. The number of aromatic nitrogens is 2. The van der Waals surface area contributed by atoms with Crippen LogP contribution in [0.4, 0.5) is 10.5 Å². The van der Waals surface area contributed by atoms with Crippen molar-refractivity contribution < 1.29 is 9.21 Å². The van der Waals surface area contributed by atoms with Crippen molar-refractivity contribution in [1.29, 1.82) is 0 Å². The molecular formula is C23H22N4O2. The molecule has 146 valence electrons. The van der Waals surface area contributed by atoms with Gasteiger partial charge in [0.2, 0.25) is 0 Å². The van der Waals surface area contributed by atoms with Crippen molar-refractivity contribution in [3.63, 3.8) is 0 Å². The first kappa shape index (κ1) is 18.6. The Morgan fingerprint density at radius 3 is 2.45 bits per heavy atom. The largest absolute Gasteiger partial charge is 0.467 e. The Labute approximate surface area is 169 Å². The van der Waals surface area contributed by atoms with Gasteiger partial charge in [-0.3, -0.25) is 4.68 Å². The van der Waals surface area contributed by atoms with Crippen molar-refractivity contribution in [3.8, 4) is 0 Å². The van der Waals surface area contributed by atoms with Crippen LogP contribution in [0.3, 0.4) is 0 Å². The smallest absolute Gasteiger partial charge is 0.322 e. The summed E-state index contributed by atoms with van der Waals surface area (Å²) >= 11 is 0. The molecule has 0 fully saturated rings. The number of carbonyl (C=O) groups is 1. The molecule has 0 aliphatic heterocycles. The van der Waals surface area contributed by atoms with Gasteiger partial charge in [0.05, 0.1) is 19.4 Å². The fraction of sp³-hybridized carbons (Fsp3) is 0.130. The van der Waals surface area contributed by atoms with Gasteiger partial charge in [0.15, 0.2) is 0 Å². The van der Waals surface area contributed by atoms with Gasteiger partial charge in [-0.1, -0.05) is 42.5 Å². The summed E-state index contributed by atoms with van der Waals surface area (Å²) in [6.45, 7) is 1.58. The number of hydrogen-bond acceptors (Lipinski definition) is 3. The minimum absolute atomic E-state index is 0.176. The molecule has 2 amide bonds. The van der Waals surface area contributed by atoms with E-state index in [1.807, 2.05) is 83.7 Å². The molecule has 0 aliphatic carbocycles. The second kappa shape index (κ2) is 8.93. The van der Waals surface area contributed by atoms with Gasteiger partial charge in [0.1, 0.15) is 5.76 Å². The maximum Gasteiger partial charge on any atom is 0.322 e. The van der Waals surface area contributed by atoms with E-state index in [2.05, 4.69) is 10.4 Å². The molecule has 0 saturated heterocycles. The lowest BCUT2D eigenvalue weighted by atomic mass is 10.2. The molecule has 0 unspecified atom stereocenters. The van der Waals surface area contributed by atoms with Crippen molar-refractivity contribution in [2.24, 2.45) is 0 Å². The first-order valence-corrected chi connectivity index (χ1v) is 9.45. The Morgan fingerprint density at radius 1 is 0.931 bits per heavy atom. The lowest BCUT2D eigenvalue weighted by Gasteiger charge is -2.22. The number of nitrogens with one attached hydrogen (secondary N) is 1. The number of benzene rings is 2. The maximum atomic E-state index is 12.9. The Balaban J connectivity index is 1.43. The number of nitrogens with zero attached hydrogens (tertiary/aromatic N) is 3. The molecule has 0 atom stereocenters. The van der Waals surface area contributed by atoms with Crippen molar-refractivity contribution in [2.75, 3.05) is 5.32 Å². The Morgan fingerprint density at radius 2 is 1.76 bits per heavy atom. The summed E-state index contributed by atoms with van der Waals surface area (Å²) in [5, 5.41) is 7.20. The van der Waals surface area contributed by atoms with Gasteiger partial charge < -0.3 is 14.6 Å². The second-order valence-corrected chi connectivity index (χ2v) is 6.75. The minimum Gasteiger partial charge on any atom is -0.467 e. The number of rotatable bonds is 7. The summed E-state index contributed by atoms with van der Waals surface area (Å²) < 4.78 is 7.30. The van der Waals surface area contributed by atoms with Gasteiger partial charge >= 0.3 is 6.03 Å². The summed E-state index contributed by atoms with van der Waals surface area (Å²) in [7, 11) is 0. The number of furan rings is 1. The highest BCUT2D eigenvalue weighted by molar-refractivity contribution is 5.89. The molecule has 2 heterocycles. The molecule has 4 rings (SSSR count). The molecule has 0 spiro atoms. The Hall–Kier alpha value is -3.80. The zero-order valence-corrected chi connectivity index (χ0v) is 15.9. The summed E-state index contributed by atoms with van der Waals surface area (Å²) in [5.41, 5.74) is 2.92. The van der Waals surface area contributed by atoms with Crippen molar-refractivity contribution in [1.82, 2.24) is 14.7 Å². The monoisotopic (exact) mass is 386 g/mol. The van der Waals surface area contributed by atoms with Crippen molar-refractivity contribution >= 4 is 11.7 Å². The molecule has 0 radical (unpaired) electrons. The van der Waals surface area contributed by atoms with Crippen LogP contribution < -0.4 is 5.32 Å². The van der Waals surface area contributed by atoms with Crippen LogP contribution in [0.5, 0.6) is 0 Å². The third-order valence-corrected chi connectivity index (χ3v) is 4.54. The molecule has 4 aromatic rings. The van der Waals surface area contributed by atoms with Gasteiger partial charge in [-0.2, -0.15) is 5.10 Å². The Kier molecular flexibility index (Phi) is 5.71. The Bertz CT molecular complexity index is 1010. The summed E-state index contributed by atoms with van der Waals surface area (Å²) in [6.07, 6.45) is 5.30. The first-order valence-electron chi connectivity index (χ1n) is 9.45. The number of carbonyl (C=O) groups excluding carboxylic acids is 1. The molecule has 6 heteroatoms. The first-order chi connectivity index (χ1) is 14.3. The van der Waals surface area contributed by atoms with Gasteiger partial charge in [-0.15, -0.1) is 0 Å². The summed E-state index contributed by atoms with van der Waals surface area (Å²) in [6, 6.07) is 23.1. The van der Waals surface area contributed by atoms with E-state index in [9.17, 15) is 4.79 Å². The molecule has 0 saturated carbocycles. The normalized spacial score (nSPS) is 10.6. The molecule has 2 aromatic carbocycles. The molecule has 29 heavy (non-hydrogen) atoms. The van der Waals surface area contributed by atoms with E-state index in [1.54, 1.807) is 17.4 Å². The SMILES string of the molecule is O=C(Nc1ccc(Cn2cccn2)cc1)N(Cc1ccccc1)Cc1ccco1. The van der Waals surface area contributed by atoms with Crippen LogP contribution in [0.15, 0.2) is 95.9 Å². The van der Waals surface area contributed by atoms with Crippen molar-refractivity contribution in [3.05, 3.63) is 108 Å². The van der Waals surface area contributed by atoms with Gasteiger partial charge in [0, 0.05) is 24.6 Å². The second-order valence-electron chi connectivity index (χ2n) is 6.75. The van der Waals surface area contributed by atoms with Gasteiger partial charge in [0.25, 0.3) is 0 Å². The standard InChI is InChI=1S/C23H22N4O2/c28-23(25-21-11-9-20(10-12-21)17-27-14-5-13-24-27)26(18-22-8-4-15-29-22)16-19-6-2-1-3-7-19/h1-15H,16-18H2,(H,25,28). The number of anilines is 1. The van der Waals surface area contributed by atoms with E-state index in [4.69, 9.17) is 4.42 Å². The van der Waals surface area contributed by atoms with Crippen LogP contribution >= 0.6 is 0 Å². The van der Waals surface area contributed by atoms with E-state index in [-0.39, 0.29) is 6.03 Å². The third kappa shape index (κ3) is 5.13. The average molecular weight is 386 g/mol. The van der Waals surface area contributed by atoms with Crippen LogP contribution in [0.25, 0.3) is 0 Å². The molecule has 2 aromatic heterocycles. The lowest BCUT2D eigenvalue weighted by molar-refractivity contribution is 0.201. The maximum absolute atomic E-state index is 12.9. The minimum atomic E-state index is -0.176. The number of amides is 2. The van der Waals surface area contributed by atoms with E-state index in [0.29, 0.717) is 19.6 Å².